The second-order valence-electron chi connectivity index (χ2n) is 5.82. The van der Waals surface area contributed by atoms with E-state index >= 15 is 0 Å². The molecule has 2 aromatic heterocycles. The van der Waals surface area contributed by atoms with Crippen LogP contribution in [0.2, 0.25) is 0 Å². The number of rotatable bonds is 6. The fraction of sp³-hybridized carbons (Fsp3) is 0.438. The summed E-state index contributed by atoms with van der Waals surface area (Å²) >= 11 is 1.56. The summed E-state index contributed by atoms with van der Waals surface area (Å²) in [6, 6.07) is 5.38. The summed E-state index contributed by atoms with van der Waals surface area (Å²) in [4.78, 5) is 22.9. The lowest BCUT2D eigenvalue weighted by Crippen LogP contribution is -2.39. The normalized spacial score (nSPS) is 12.0. The Bertz CT molecular complexity index is 626. The number of thiazole rings is 1. The average Bonchev–Trinajstić information content (AvgIpc) is 3.00. The first-order valence-corrected chi connectivity index (χ1v) is 8.42. The summed E-state index contributed by atoms with van der Waals surface area (Å²) in [6.07, 6.45) is 1.74. The van der Waals surface area contributed by atoms with E-state index in [1.165, 1.54) is 0 Å². The topological polar surface area (TPSA) is 70.2 Å². The number of aromatic nitrogens is 2. The Kier molecular flexibility index (Phi) is 5.92. The Balaban J connectivity index is 1.91. The Labute approximate surface area is 141 Å². The fourth-order valence-corrected chi connectivity index (χ4v) is 2.85. The van der Waals surface area contributed by atoms with Gasteiger partial charge in [0.15, 0.2) is 5.13 Å². The second-order valence-corrected chi connectivity index (χ2v) is 6.66. The van der Waals surface area contributed by atoms with Crippen LogP contribution >= 0.6 is 11.3 Å². The molecule has 0 aliphatic rings. The van der Waals surface area contributed by atoms with Gasteiger partial charge in [-0.2, -0.15) is 0 Å². The highest BCUT2D eigenvalue weighted by molar-refractivity contribution is 7.13. The molecule has 23 heavy (non-hydrogen) atoms. The second kappa shape index (κ2) is 7.92. The highest BCUT2D eigenvalue weighted by Crippen LogP contribution is 2.19. The van der Waals surface area contributed by atoms with Crippen molar-refractivity contribution in [3.8, 4) is 0 Å². The maximum Gasteiger partial charge on any atom is 0.315 e. The van der Waals surface area contributed by atoms with Gasteiger partial charge in [0.1, 0.15) is 0 Å². The van der Waals surface area contributed by atoms with Gasteiger partial charge in [-0.3, -0.25) is 4.98 Å². The van der Waals surface area contributed by atoms with Crippen molar-refractivity contribution < 1.29 is 4.79 Å². The van der Waals surface area contributed by atoms with E-state index in [0.717, 1.165) is 16.5 Å². The van der Waals surface area contributed by atoms with Gasteiger partial charge in [0.05, 0.1) is 24.0 Å². The minimum absolute atomic E-state index is 0.121. The number of pyridine rings is 1. The summed E-state index contributed by atoms with van der Waals surface area (Å²) in [7, 11) is 3.89. The molecule has 6 nitrogen and oxygen atoms in total. The summed E-state index contributed by atoms with van der Waals surface area (Å²) in [5.41, 5.74) is 1.72. The van der Waals surface area contributed by atoms with Crippen LogP contribution in [0, 0.1) is 5.92 Å². The van der Waals surface area contributed by atoms with E-state index < -0.39 is 0 Å². The highest BCUT2D eigenvalue weighted by Gasteiger charge is 2.19. The van der Waals surface area contributed by atoms with Crippen molar-refractivity contribution in [2.75, 3.05) is 19.0 Å². The monoisotopic (exact) mass is 333 g/mol. The first-order chi connectivity index (χ1) is 11.0. The standard InChI is InChI=1S/C16H23N5OS/c1-11(2)14(13-7-5-6-8-17-13)20-15(22)18-9-12-10-23-16(19-12)21(3)4/h5-8,10-11,14H,9H2,1-4H3,(H2,18,20,22)/t14-/m1/s1. The molecule has 124 valence electrons. The van der Waals surface area contributed by atoms with Crippen LogP contribution < -0.4 is 15.5 Å². The van der Waals surface area contributed by atoms with Crippen molar-refractivity contribution in [3.63, 3.8) is 0 Å². The lowest BCUT2D eigenvalue weighted by atomic mass is 10.0. The van der Waals surface area contributed by atoms with E-state index in [0.29, 0.717) is 6.54 Å². The molecule has 0 saturated heterocycles. The van der Waals surface area contributed by atoms with Gasteiger partial charge >= 0.3 is 6.03 Å². The number of hydrogen-bond donors (Lipinski definition) is 2. The Morgan fingerprint density at radius 3 is 2.70 bits per heavy atom. The van der Waals surface area contributed by atoms with Gasteiger partial charge in [-0.05, 0) is 18.1 Å². The predicted molar refractivity (Wildman–Crippen MR) is 93.6 cm³/mol. The Hall–Kier alpha value is -2.15. The lowest BCUT2D eigenvalue weighted by molar-refractivity contribution is 0.232. The molecule has 0 aromatic carbocycles. The Morgan fingerprint density at radius 2 is 2.13 bits per heavy atom. The molecule has 0 spiro atoms. The molecule has 2 N–H and O–H groups in total. The van der Waals surface area contributed by atoms with Crippen LogP contribution in [0.25, 0.3) is 0 Å². The molecule has 0 radical (unpaired) electrons. The molecule has 0 saturated carbocycles. The van der Waals surface area contributed by atoms with E-state index in [-0.39, 0.29) is 18.0 Å². The SMILES string of the molecule is CC(C)[C@@H](NC(=O)NCc1csc(N(C)C)n1)c1ccccn1. The Morgan fingerprint density at radius 1 is 1.35 bits per heavy atom. The van der Waals surface area contributed by atoms with Crippen molar-refractivity contribution in [2.45, 2.75) is 26.4 Å². The van der Waals surface area contributed by atoms with Gasteiger partial charge in [-0.1, -0.05) is 19.9 Å². The van der Waals surface area contributed by atoms with Crippen LogP contribution in [-0.4, -0.2) is 30.1 Å². The van der Waals surface area contributed by atoms with Crippen molar-refractivity contribution in [1.82, 2.24) is 20.6 Å². The third-order valence-corrected chi connectivity index (χ3v) is 4.37. The maximum atomic E-state index is 12.2. The van der Waals surface area contributed by atoms with Gasteiger partial charge in [-0.15, -0.1) is 11.3 Å². The molecule has 1 atom stereocenters. The maximum absolute atomic E-state index is 12.2. The molecule has 0 unspecified atom stereocenters. The first-order valence-electron chi connectivity index (χ1n) is 7.54. The van der Waals surface area contributed by atoms with Crippen molar-refractivity contribution in [1.29, 1.82) is 0 Å². The number of amides is 2. The van der Waals surface area contributed by atoms with E-state index in [4.69, 9.17) is 0 Å². The molecular weight excluding hydrogens is 310 g/mol. The largest absolute Gasteiger partial charge is 0.354 e. The molecule has 0 fully saturated rings. The first kappa shape index (κ1) is 17.2. The van der Waals surface area contributed by atoms with Crippen LogP contribution in [0.3, 0.4) is 0 Å². The van der Waals surface area contributed by atoms with E-state index in [9.17, 15) is 4.79 Å². The van der Waals surface area contributed by atoms with Gasteiger partial charge < -0.3 is 15.5 Å². The zero-order valence-electron chi connectivity index (χ0n) is 13.9. The zero-order chi connectivity index (χ0) is 16.8. The summed E-state index contributed by atoms with van der Waals surface area (Å²) in [6.45, 7) is 4.52. The van der Waals surface area contributed by atoms with Gasteiger partial charge in [0, 0.05) is 25.7 Å². The molecule has 2 rings (SSSR count). The van der Waals surface area contributed by atoms with Gasteiger partial charge in [0.25, 0.3) is 0 Å². The van der Waals surface area contributed by atoms with Crippen LogP contribution in [0.5, 0.6) is 0 Å². The smallest absolute Gasteiger partial charge is 0.315 e. The predicted octanol–water partition coefficient (Wildman–Crippen LogP) is 2.80. The van der Waals surface area contributed by atoms with E-state index in [2.05, 4.69) is 34.4 Å². The average molecular weight is 333 g/mol. The van der Waals surface area contributed by atoms with E-state index in [1.54, 1.807) is 17.5 Å². The third-order valence-electron chi connectivity index (χ3n) is 3.31. The molecule has 2 aromatic rings. The van der Waals surface area contributed by atoms with Crippen LogP contribution in [0.15, 0.2) is 29.8 Å². The van der Waals surface area contributed by atoms with Gasteiger partial charge in [-0.25, -0.2) is 9.78 Å². The number of hydrogen-bond acceptors (Lipinski definition) is 5. The van der Waals surface area contributed by atoms with Crippen LogP contribution in [0.4, 0.5) is 9.93 Å². The van der Waals surface area contributed by atoms with Crippen molar-refractivity contribution >= 4 is 22.5 Å². The van der Waals surface area contributed by atoms with Crippen molar-refractivity contribution in [3.05, 3.63) is 41.2 Å². The number of carbonyl (C=O) groups excluding carboxylic acids is 1. The number of anilines is 1. The fourth-order valence-electron chi connectivity index (χ4n) is 2.09. The molecule has 0 aliphatic carbocycles. The number of nitrogens with zero attached hydrogens (tertiary/aromatic N) is 3. The lowest BCUT2D eigenvalue weighted by Gasteiger charge is -2.22. The number of carbonyl (C=O) groups is 1. The van der Waals surface area contributed by atoms with Crippen LogP contribution in [0.1, 0.15) is 31.3 Å². The van der Waals surface area contributed by atoms with Crippen LogP contribution in [-0.2, 0) is 6.54 Å². The summed E-state index contributed by atoms with van der Waals surface area (Å²) < 4.78 is 0. The third kappa shape index (κ3) is 4.92. The van der Waals surface area contributed by atoms with Crippen molar-refractivity contribution in [2.24, 2.45) is 5.92 Å². The van der Waals surface area contributed by atoms with Gasteiger partial charge in [0.2, 0.25) is 0 Å². The number of nitrogens with one attached hydrogen (secondary N) is 2. The van der Waals surface area contributed by atoms with E-state index in [1.807, 2.05) is 42.6 Å². The quantitative estimate of drug-likeness (QED) is 0.853. The number of urea groups is 1. The molecule has 7 heteroatoms. The zero-order valence-corrected chi connectivity index (χ0v) is 14.7. The molecule has 2 heterocycles. The molecule has 0 aliphatic heterocycles. The summed E-state index contributed by atoms with van der Waals surface area (Å²) in [5, 5.41) is 8.72. The molecular formula is C16H23N5OS. The molecule has 2 amide bonds. The highest BCUT2D eigenvalue weighted by atomic mass is 32.1. The minimum Gasteiger partial charge on any atom is -0.354 e. The minimum atomic E-state index is -0.214. The molecule has 0 bridgehead atoms. The summed E-state index contributed by atoms with van der Waals surface area (Å²) in [5.74, 6) is 0.246.